The molecule has 0 saturated heterocycles. The van der Waals surface area contributed by atoms with Crippen molar-refractivity contribution in [2.24, 2.45) is 7.05 Å². The Hall–Kier alpha value is -2.41. The van der Waals surface area contributed by atoms with Crippen molar-refractivity contribution < 1.29 is 18.7 Å². The Kier molecular flexibility index (Phi) is 5.00. The van der Waals surface area contributed by atoms with Gasteiger partial charge in [0, 0.05) is 7.05 Å². The van der Waals surface area contributed by atoms with Crippen LogP contribution in [0.2, 0.25) is 5.15 Å². The van der Waals surface area contributed by atoms with Crippen LogP contribution in [0.25, 0.3) is 0 Å². The summed E-state index contributed by atoms with van der Waals surface area (Å²) in [6.45, 7) is 2.99. The fraction of sp³-hybridized carbons (Fsp3) is 0.267. The summed E-state index contributed by atoms with van der Waals surface area (Å²) in [6.07, 6.45) is -1.13. The lowest BCUT2D eigenvalue weighted by molar-refractivity contribution is -0.123. The van der Waals surface area contributed by atoms with Crippen molar-refractivity contribution in [3.63, 3.8) is 0 Å². The number of benzene rings is 1. The molecule has 8 heteroatoms. The number of halogens is 2. The molecule has 1 heterocycles. The maximum Gasteiger partial charge on any atom is 0.343 e. The number of carbonyl (C=O) groups is 2. The van der Waals surface area contributed by atoms with E-state index in [1.54, 1.807) is 20.0 Å². The lowest BCUT2D eigenvalue weighted by Crippen LogP contribution is -2.30. The molecule has 0 bridgehead atoms. The predicted octanol–water partition coefficient (Wildman–Crippen LogP) is 2.71. The molecule has 1 atom stereocenters. The van der Waals surface area contributed by atoms with Gasteiger partial charge in [0.1, 0.15) is 16.5 Å². The Morgan fingerprint density at radius 3 is 2.61 bits per heavy atom. The van der Waals surface area contributed by atoms with Gasteiger partial charge in [-0.15, -0.1) is 0 Å². The third kappa shape index (κ3) is 3.68. The number of nitrogens with zero attached hydrogens (tertiary/aromatic N) is 2. The number of anilines is 1. The summed E-state index contributed by atoms with van der Waals surface area (Å²) >= 11 is 5.97. The molecular formula is C15H15ClFN3O3. The highest BCUT2D eigenvalue weighted by atomic mass is 35.5. The molecule has 0 radical (unpaired) electrons. The number of aromatic nitrogens is 2. The Morgan fingerprint density at radius 1 is 1.39 bits per heavy atom. The van der Waals surface area contributed by atoms with Crippen molar-refractivity contribution in [1.82, 2.24) is 9.78 Å². The van der Waals surface area contributed by atoms with Crippen molar-refractivity contribution >= 4 is 29.2 Å². The minimum absolute atomic E-state index is 0.0102. The van der Waals surface area contributed by atoms with E-state index in [0.29, 0.717) is 5.69 Å². The second kappa shape index (κ2) is 6.78. The van der Waals surface area contributed by atoms with Crippen molar-refractivity contribution in [2.45, 2.75) is 20.0 Å². The van der Waals surface area contributed by atoms with E-state index in [-0.39, 0.29) is 16.4 Å². The van der Waals surface area contributed by atoms with Gasteiger partial charge in [-0.3, -0.25) is 9.48 Å². The molecule has 1 amide bonds. The second-order valence-corrected chi connectivity index (χ2v) is 5.25. The first-order chi connectivity index (χ1) is 10.8. The van der Waals surface area contributed by atoms with Gasteiger partial charge in [-0.05, 0) is 26.0 Å². The van der Waals surface area contributed by atoms with E-state index in [4.69, 9.17) is 16.3 Å². The Labute approximate surface area is 137 Å². The first-order valence-electron chi connectivity index (χ1n) is 6.76. The van der Waals surface area contributed by atoms with Crippen LogP contribution in [0.5, 0.6) is 0 Å². The zero-order valence-electron chi connectivity index (χ0n) is 12.8. The molecule has 2 rings (SSSR count). The first kappa shape index (κ1) is 17.0. The minimum Gasteiger partial charge on any atom is -0.449 e. The van der Waals surface area contributed by atoms with E-state index >= 15 is 0 Å². The smallest absolute Gasteiger partial charge is 0.343 e. The van der Waals surface area contributed by atoms with Crippen LogP contribution in [0, 0.1) is 12.7 Å². The molecule has 6 nitrogen and oxygen atoms in total. The average molecular weight is 340 g/mol. The number of aryl methyl sites for hydroxylation is 2. The summed E-state index contributed by atoms with van der Waals surface area (Å²) in [7, 11) is 1.58. The number of hydrogen-bond acceptors (Lipinski definition) is 4. The average Bonchev–Trinajstić information content (AvgIpc) is 2.74. The van der Waals surface area contributed by atoms with Gasteiger partial charge in [0.05, 0.1) is 11.4 Å². The second-order valence-electron chi connectivity index (χ2n) is 4.89. The molecule has 1 aromatic heterocycles. The van der Waals surface area contributed by atoms with E-state index in [0.717, 1.165) is 0 Å². The fourth-order valence-electron chi connectivity index (χ4n) is 1.93. The zero-order chi connectivity index (χ0) is 17.1. The maximum absolute atomic E-state index is 13.5. The highest BCUT2D eigenvalue weighted by molar-refractivity contribution is 6.32. The largest absolute Gasteiger partial charge is 0.449 e. The normalized spacial score (nSPS) is 11.9. The number of nitrogens with one attached hydrogen (secondary N) is 1. The lowest BCUT2D eigenvalue weighted by atomic mass is 10.2. The first-order valence-corrected chi connectivity index (χ1v) is 7.14. The molecule has 0 spiro atoms. The SMILES string of the molecule is Cc1nn(C)c(Cl)c1C(=O)OC(C)C(=O)Nc1ccccc1F. The molecule has 1 N–H and O–H groups in total. The van der Waals surface area contributed by atoms with Crippen LogP contribution in [-0.2, 0) is 16.6 Å². The van der Waals surface area contributed by atoms with Crippen LogP contribution in [0.3, 0.4) is 0 Å². The molecular weight excluding hydrogens is 325 g/mol. The Morgan fingerprint density at radius 2 is 2.04 bits per heavy atom. The number of esters is 1. The summed E-state index contributed by atoms with van der Waals surface area (Å²) < 4.78 is 19.9. The number of rotatable bonds is 4. The van der Waals surface area contributed by atoms with Gasteiger partial charge in [0.25, 0.3) is 5.91 Å². The lowest BCUT2D eigenvalue weighted by Gasteiger charge is -2.13. The van der Waals surface area contributed by atoms with Gasteiger partial charge in [-0.25, -0.2) is 9.18 Å². The number of para-hydroxylation sites is 1. The highest BCUT2D eigenvalue weighted by Crippen LogP contribution is 2.20. The summed E-state index contributed by atoms with van der Waals surface area (Å²) in [5, 5.41) is 6.47. The van der Waals surface area contributed by atoms with Gasteiger partial charge >= 0.3 is 5.97 Å². The van der Waals surface area contributed by atoms with Gasteiger partial charge in [0.2, 0.25) is 0 Å². The van der Waals surface area contributed by atoms with Crippen molar-refractivity contribution in [2.75, 3.05) is 5.32 Å². The zero-order valence-corrected chi connectivity index (χ0v) is 13.5. The molecule has 0 aliphatic carbocycles. The molecule has 23 heavy (non-hydrogen) atoms. The van der Waals surface area contributed by atoms with Crippen molar-refractivity contribution in [3.8, 4) is 0 Å². The van der Waals surface area contributed by atoms with Gasteiger partial charge in [0.15, 0.2) is 6.10 Å². The molecule has 122 valence electrons. The van der Waals surface area contributed by atoms with E-state index in [9.17, 15) is 14.0 Å². The number of amides is 1. The van der Waals surface area contributed by atoms with Crippen LogP contribution >= 0.6 is 11.6 Å². The van der Waals surface area contributed by atoms with Crippen molar-refractivity contribution in [1.29, 1.82) is 0 Å². The van der Waals surface area contributed by atoms with Crippen LogP contribution in [0.4, 0.5) is 10.1 Å². The summed E-state index contributed by atoms with van der Waals surface area (Å²) in [6, 6.07) is 5.70. The third-order valence-corrected chi connectivity index (χ3v) is 3.57. The summed E-state index contributed by atoms with van der Waals surface area (Å²) in [4.78, 5) is 24.1. The van der Waals surface area contributed by atoms with Crippen LogP contribution < -0.4 is 5.32 Å². The predicted molar refractivity (Wildman–Crippen MR) is 82.9 cm³/mol. The summed E-state index contributed by atoms with van der Waals surface area (Å²) in [5.74, 6) is -2.00. The number of ether oxygens (including phenoxy) is 1. The van der Waals surface area contributed by atoms with E-state index in [2.05, 4.69) is 10.4 Å². The van der Waals surface area contributed by atoms with Crippen molar-refractivity contribution in [3.05, 3.63) is 46.5 Å². The highest BCUT2D eigenvalue weighted by Gasteiger charge is 2.25. The topological polar surface area (TPSA) is 73.2 Å². The summed E-state index contributed by atoms with van der Waals surface area (Å²) in [5.41, 5.74) is 0.500. The molecule has 0 aliphatic rings. The maximum atomic E-state index is 13.5. The van der Waals surface area contributed by atoms with Gasteiger partial charge < -0.3 is 10.1 Å². The van der Waals surface area contributed by atoms with E-state index < -0.39 is 23.8 Å². The quantitative estimate of drug-likeness (QED) is 0.869. The molecule has 0 fully saturated rings. The number of hydrogen-bond donors (Lipinski definition) is 1. The van der Waals surface area contributed by atoms with Gasteiger partial charge in [-0.2, -0.15) is 5.10 Å². The van der Waals surface area contributed by atoms with E-state index in [1.807, 2.05) is 0 Å². The monoisotopic (exact) mass is 339 g/mol. The Balaban J connectivity index is 2.06. The third-order valence-electron chi connectivity index (χ3n) is 3.14. The molecule has 1 unspecified atom stereocenters. The minimum atomic E-state index is -1.13. The van der Waals surface area contributed by atoms with Crippen LogP contribution in [0.1, 0.15) is 23.0 Å². The molecule has 0 saturated carbocycles. The molecule has 2 aromatic rings. The van der Waals surface area contributed by atoms with E-state index in [1.165, 1.54) is 29.8 Å². The molecule has 0 aliphatic heterocycles. The van der Waals surface area contributed by atoms with Gasteiger partial charge in [-0.1, -0.05) is 23.7 Å². The number of carbonyl (C=O) groups excluding carboxylic acids is 2. The molecule has 1 aromatic carbocycles. The van der Waals surface area contributed by atoms with Crippen LogP contribution in [-0.4, -0.2) is 27.8 Å². The Bertz CT molecular complexity index is 760. The van der Waals surface area contributed by atoms with Crippen LogP contribution in [0.15, 0.2) is 24.3 Å². The fourth-order valence-corrected chi connectivity index (χ4v) is 2.18. The standard InChI is InChI=1S/C15H15ClFN3O3/c1-8-12(13(16)20(3)19-8)15(22)23-9(2)14(21)18-11-7-5-4-6-10(11)17/h4-7,9H,1-3H3,(H,18,21).